The predicted molar refractivity (Wildman–Crippen MR) is 107 cm³/mol. The quantitative estimate of drug-likeness (QED) is 0.564. The van der Waals surface area contributed by atoms with E-state index in [1.165, 1.54) is 12.1 Å². The van der Waals surface area contributed by atoms with Crippen LogP contribution < -0.4 is 10.1 Å². The number of halogens is 2. The molecule has 0 unspecified atom stereocenters. The lowest BCUT2D eigenvalue weighted by Crippen LogP contribution is -2.21. The van der Waals surface area contributed by atoms with E-state index in [0.717, 1.165) is 16.7 Å². The minimum absolute atomic E-state index is 0.250. The molecule has 1 N–H and O–H groups in total. The predicted octanol–water partition coefficient (Wildman–Crippen LogP) is 5.52. The highest BCUT2D eigenvalue weighted by molar-refractivity contribution is 7.80. The molecule has 132 valence electrons. The molecule has 5 heteroatoms. The van der Waals surface area contributed by atoms with Crippen LogP contribution in [0.15, 0.2) is 72.8 Å². The van der Waals surface area contributed by atoms with Gasteiger partial charge in [0.25, 0.3) is 0 Å². The summed E-state index contributed by atoms with van der Waals surface area (Å²) < 4.78 is 18.8. The highest BCUT2D eigenvalue weighted by atomic mass is 35.5. The Labute approximate surface area is 162 Å². The highest BCUT2D eigenvalue weighted by Crippen LogP contribution is 2.19. The number of nitrogens with one attached hydrogen (secondary N) is 1. The molecule has 0 bridgehead atoms. The number of benzene rings is 3. The third-order valence-corrected chi connectivity index (χ3v) is 4.56. The van der Waals surface area contributed by atoms with Crippen molar-refractivity contribution in [3.63, 3.8) is 0 Å². The topological polar surface area (TPSA) is 21.3 Å². The van der Waals surface area contributed by atoms with E-state index in [0.29, 0.717) is 28.9 Å². The van der Waals surface area contributed by atoms with Gasteiger partial charge in [-0.1, -0.05) is 66.3 Å². The molecular weight excluding hydrogens is 369 g/mol. The van der Waals surface area contributed by atoms with Crippen LogP contribution in [0.4, 0.5) is 4.39 Å². The van der Waals surface area contributed by atoms with Crippen LogP contribution in [0.25, 0.3) is 0 Å². The first-order valence-corrected chi connectivity index (χ1v) is 8.89. The largest absolute Gasteiger partial charge is 0.489 e. The Morgan fingerprint density at radius 2 is 1.77 bits per heavy atom. The summed E-state index contributed by atoms with van der Waals surface area (Å²) in [4.78, 5) is 0.609. The second-order valence-electron chi connectivity index (χ2n) is 5.72. The maximum Gasteiger partial charge on any atom is 0.123 e. The first-order chi connectivity index (χ1) is 12.6. The lowest BCUT2D eigenvalue weighted by molar-refractivity contribution is 0.306. The zero-order valence-corrected chi connectivity index (χ0v) is 15.5. The molecule has 0 fully saturated rings. The Kier molecular flexibility index (Phi) is 6.21. The van der Waals surface area contributed by atoms with Gasteiger partial charge in [-0.25, -0.2) is 4.39 Å². The van der Waals surface area contributed by atoms with Crippen molar-refractivity contribution in [1.29, 1.82) is 0 Å². The van der Waals surface area contributed by atoms with E-state index in [1.807, 2.05) is 48.5 Å². The van der Waals surface area contributed by atoms with Crippen LogP contribution in [0.5, 0.6) is 5.75 Å². The van der Waals surface area contributed by atoms with E-state index >= 15 is 0 Å². The third-order valence-electron chi connectivity index (χ3n) is 3.81. The molecule has 3 aromatic carbocycles. The molecule has 0 atom stereocenters. The van der Waals surface area contributed by atoms with Gasteiger partial charge in [0, 0.05) is 22.7 Å². The van der Waals surface area contributed by atoms with Gasteiger partial charge in [-0.15, -0.1) is 0 Å². The fourth-order valence-corrected chi connectivity index (χ4v) is 2.78. The summed E-state index contributed by atoms with van der Waals surface area (Å²) in [5.41, 5.74) is 2.75. The van der Waals surface area contributed by atoms with Crippen LogP contribution in [0.2, 0.25) is 5.02 Å². The molecule has 2 nitrogen and oxygen atoms in total. The molecule has 3 aromatic rings. The van der Waals surface area contributed by atoms with Gasteiger partial charge in [-0.3, -0.25) is 0 Å². The van der Waals surface area contributed by atoms with Crippen LogP contribution in [-0.2, 0) is 13.2 Å². The molecule has 26 heavy (non-hydrogen) atoms. The minimum Gasteiger partial charge on any atom is -0.489 e. The van der Waals surface area contributed by atoms with Crippen LogP contribution in [-0.4, -0.2) is 4.99 Å². The Hall–Kier alpha value is -2.43. The van der Waals surface area contributed by atoms with Gasteiger partial charge in [-0.2, -0.15) is 0 Å². The summed E-state index contributed by atoms with van der Waals surface area (Å²) >= 11 is 11.6. The zero-order valence-electron chi connectivity index (χ0n) is 13.9. The number of rotatable bonds is 6. The van der Waals surface area contributed by atoms with Crippen molar-refractivity contribution in [1.82, 2.24) is 5.32 Å². The average molecular weight is 386 g/mol. The summed E-state index contributed by atoms with van der Waals surface area (Å²) in [6, 6.07) is 21.5. The van der Waals surface area contributed by atoms with E-state index in [2.05, 4.69) is 5.32 Å². The Bertz CT molecular complexity index is 899. The fourth-order valence-electron chi connectivity index (χ4n) is 2.39. The average Bonchev–Trinajstić information content (AvgIpc) is 2.67. The summed E-state index contributed by atoms with van der Waals surface area (Å²) in [5, 5.41) is 3.86. The molecule has 0 aromatic heterocycles. The standard InChI is InChI=1S/C21H17ClFNOS/c22-20-7-2-1-4-17(20)14-25-19-6-3-5-16(12-19)21(26)24-13-15-8-10-18(23)11-9-15/h1-12H,13-14H2,(H,24,26). The molecule has 0 radical (unpaired) electrons. The molecular formula is C21H17ClFNOS. The van der Waals surface area contributed by atoms with E-state index < -0.39 is 0 Å². The van der Waals surface area contributed by atoms with Crippen molar-refractivity contribution < 1.29 is 9.13 Å². The second kappa shape index (κ2) is 8.79. The number of thiocarbonyl (C=S) groups is 1. The first-order valence-electron chi connectivity index (χ1n) is 8.11. The fraction of sp³-hybridized carbons (Fsp3) is 0.0952. The normalized spacial score (nSPS) is 10.4. The number of hydrogen-bond acceptors (Lipinski definition) is 2. The highest BCUT2D eigenvalue weighted by Gasteiger charge is 2.05. The van der Waals surface area contributed by atoms with E-state index in [1.54, 1.807) is 12.1 Å². The van der Waals surface area contributed by atoms with E-state index in [9.17, 15) is 4.39 Å². The molecule has 0 amide bonds. The molecule has 0 heterocycles. The van der Waals surface area contributed by atoms with Gasteiger partial charge >= 0.3 is 0 Å². The SMILES string of the molecule is Fc1ccc(CNC(=S)c2cccc(OCc3ccccc3Cl)c2)cc1. The lowest BCUT2D eigenvalue weighted by atomic mass is 10.2. The van der Waals surface area contributed by atoms with Gasteiger partial charge < -0.3 is 10.1 Å². The van der Waals surface area contributed by atoms with Crippen LogP contribution in [0, 0.1) is 5.82 Å². The number of ether oxygens (including phenoxy) is 1. The molecule has 0 aliphatic rings. The van der Waals surface area contributed by atoms with Crippen molar-refractivity contribution in [2.75, 3.05) is 0 Å². The first kappa shape index (κ1) is 18.4. The van der Waals surface area contributed by atoms with Gasteiger partial charge in [-0.05, 0) is 35.9 Å². The molecule has 0 aliphatic heterocycles. The molecule has 3 rings (SSSR count). The zero-order chi connectivity index (χ0) is 18.4. The van der Waals surface area contributed by atoms with Crippen molar-refractivity contribution in [2.45, 2.75) is 13.2 Å². The van der Waals surface area contributed by atoms with Gasteiger partial charge in [0.05, 0.1) is 0 Å². The van der Waals surface area contributed by atoms with Crippen LogP contribution in [0.3, 0.4) is 0 Å². The minimum atomic E-state index is -0.250. The Balaban J connectivity index is 1.60. The van der Waals surface area contributed by atoms with E-state index in [4.69, 9.17) is 28.6 Å². The molecule has 0 aliphatic carbocycles. The molecule has 0 saturated heterocycles. The van der Waals surface area contributed by atoms with Crippen LogP contribution in [0.1, 0.15) is 16.7 Å². The third kappa shape index (κ3) is 5.04. The molecule has 0 spiro atoms. The summed E-state index contributed by atoms with van der Waals surface area (Å²) in [7, 11) is 0. The van der Waals surface area contributed by atoms with Gasteiger partial charge in [0.2, 0.25) is 0 Å². The monoisotopic (exact) mass is 385 g/mol. The summed E-state index contributed by atoms with van der Waals surface area (Å²) in [6.45, 7) is 0.919. The molecule has 0 saturated carbocycles. The summed E-state index contributed by atoms with van der Waals surface area (Å²) in [5.74, 6) is 0.466. The van der Waals surface area contributed by atoms with Crippen molar-refractivity contribution >= 4 is 28.8 Å². The van der Waals surface area contributed by atoms with Gasteiger partial charge in [0.15, 0.2) is 0 Å². The maximum atomic E-state index is 12.9. The number of hydrogen-bond donors (Lipinski definition) is 1. The van der Waals surface area contributed by atoms with Gasteiger partial charge in [0.1, 0.15) is 23.2 Å². The van der Waals surface area contributed by atoms with Crippen molar-refractivity contribution in [2.24, 2.45) is 0 Å². The lowest BCUT2D eigenvalue weighted by Gasteiger charge is -2.11. The summed E-state index contributed by atoms with van der Waals surface area (Å²) in [6.07, 6.45) is 0. The Morgan fingerprint density at radius 3 is 2.54 bits per heavy atom. The van der Waals surface area contributed by atoms with Crippen molar-refractivity contribution in [3.8, 4) is 5.75 Å². The Morgan fingerprint density at radius 1 is 1.00 bits per heavy atom. The maximum absolute atomic E-state index is 12.9. The van der Waals surface area contributed by atoms with E-state index in [-0.39, 0.29) is 5.82 Å². The van der Waals surface area contributed by atoms with Crippen molar-refractivity contribution in [3.05, 3.63) is 100 Å². The van der Waals surface area contributed by atoms with Crippen LogP contribution >= 0.6 is 23.8 Å². The smallest absolute Gasteiger partial charge is 0.123 e. The second-order valence-corrected chi connectivity index (χ2v) is 6.53.